The van der Waals surface area contributed by atoms with Crippen LogP contribution in [0.15, 0.2) is 24.3 Å². The fourth-order valence-corrected chi connectivity index (χ4v) is 2.32. The summed E-state index contributed by atoms with van der Waals surface area (Å²) in [5, 5.41) is 12.3. The van der Waals surface area contributed by atoms with Gasteiger partial charge in [-0.25, -0.2) is 0 Å². The highest BCUT2D eigenvalue weighted by Crippen LogP contribution is 2.19. The first kappa shape index (κ1) is 16.9. The second-order valence-corrected chi connectivity index (χ2v) is 5.79. The van der Waals surface area contributed by atoms with Crippen molar-refractivity contribution in [2.24, 2.45) is 0 Å². The number of carboxylic acid groups (broad SMARTS) is 1. The van der Waals surface area contributed by atoms with Crippen LogP contribution in [0.4, 0.5) is 0 Å². The highest BCUT2D eigenvalue weighted by atomic mass is 35.5. The number of thioether (sulfide) groups is 1. The number of halogens is 1. The van der Waals surface area contributed by atoms with Crippen molar-refractivity contribution in [3.63, 3.8) is 0 Å². The van der Waals surface area contributed by atoms with Crippen LogP contribution in [0.25, 0.3) is 0 Å². The molecule has 6 heteroatoms. The highest BCUT2D eigenvalue weighted by molar-refractivity contribution is 7.98. The van der Waals surface area contributed by atoms with Crippen LogP contribution in [-0.2, 0) is 9.59 Å². The average molecular weight is 316 g/mol. The zero-order chi connectivity index (χ0) is 15.0. The molecule has 0 heterocycles. The van der Waals surface area contributed by atoms with Gasteiger partial charge in [0.25, 0.3) is 0 Å². The van der Waals surface area contributed by atoms with Crippen LogP contribution in [0.2, 0.25) is 5.02 Å². The molecule has 0 saturated carbocycles. The van der Waals surface area contributed by atoms with Gasteiger partial charge in [0, 0.05) is 11.4 Å². The number of hydrogen-bond acceptors (Lipinski definition) is 3. The Balaban J connectivity index is 2.67. The molecule has 0 aromatic heterocycles. The SMILES string of the molecule is CSCCCC(=O)N[C@@H](CC(=O)O)c1ccc(Cl)cc1. The number of amides is 1. The molecular weight excluding hydrogens is 298 g/mol. The summed E-state index contributed by atoms with van der Waals surface area (Å²) in [6, 6.07) is 6.32. The number of nitrogens with one attached hydrogen (secondary N) is 1. The van der Waals surface area contributed by atoms with Crippen LogP contribution in [0.1, 0.15) is 30.9 Å². The lowest BCUT2D eigenvalue weighted by Gasteiger charge is -2.17. The van der Waals surface area contributed by atoms with Crippen LogP contribution in [-0.4, -0.2) is 29.0 Å². The monoisotopic (exact) mass is 315 g/mol. The lowest BCUT2D eigenvalue weighted by molar-refractivity contribution is -0.137. The zero-order valence-corrected chi connectivity index (χ0v) is 12.8. The Labute approximate surface area is 127 Å². The van der Waals surface area contributed by atoms with E-state index in [1.807, 2.05) is 6.26 Å². The fourth-order valence-electron chi connectivity index (χ4n) is 1.77. The van der Waals surface area contributed by atoms with Gasteiger partial charge in [-0.15, -0.1) is 0 Å². The van der Waals surface area contributed by atoms with E-state index in [1.165, 1.54) is 0 Å². The molecule has 0 saturated heterocycles. The number of hydrogen-bond donors (Lipinski definition) is 2. The van der Waals surface area contributed by atoms with Gasteiger partial charge >= 0.3 is 5.97 Å². The van der Waals surface area contributed by atoms with Gasteiger partial charge in [0.1, 0.15) is 0 Å². The summed E-state index contributed by atoms with van der Waals surface area (Å²) in [6.07, 6.45) is 3.03. The molecule has 1 atom stereocenters. The smallest absolute Gasteiger partial charge is 0.305 e. The molecule has 0 aliphatic carbocycles. The van der Waals surface area contributed by atoms with Crippen molar-refractivity contribution in [1.82, 2.24) is 5.32 Å². The Hall–Kier alpha value is -1.20. The average Bonchev–Trinajstić information content (AvgIpc) is 2.38. The summed E-state index contributed by atoms with van der Waals surface area (Å²) in [5.41, 5.74) is 0.745. The number of rotatable bonds is 8. The maximum atomic E-state index is 11.8. The molecule has 0 aliphatic rings. The van der Waals surface area contributed by atoms with E-state index < -0.39 is 12.0 Å². The molecule has 2 N–H and O–H groups in total. The van der Waals surface area contributed by atoms with Crippen LogP contribution in [0.5, 0.6) is 0 Å². The number of carbonyl (C=O) groups is 2. The standard InChI is InChI=1S/C14H18ClNO3S/c1-20-8-2-3-13(17)16-12(9-14(18)19)10-4-6-11(15)7-5-10/h4-7,12H,2-3,8-9H2,1H3,(H,16,17)(H,18,19)/t12-/m0/s1. The van der Waals surface area contributed by atoms with Crippen molar-refractivity contribution < 1.29 is 14.7 Å². The molecule has 0 fully saturated rings. The third kappa shape index (κ3) is 6.30. The van der Waals surface area contributed by atoms with Crippen molar-refractivity contribution in [1.29, 1.82) is 0 Å². The summed E-state index contributed by atoms with van der Waals surface area (Å²) >= 11 is 7.49. The Bertz CT molecular complexity index is 450. The molecule has 1 aromatic carbocycles. The minimum atomic E-state index is -0.950. The lowest BCUT2D eigenvalue weighted by Crippen LogP contribution is -2.30. The minimum absolute atomic E-state index is 0.125. The van der Waals surface area contributed by atoms with E-state index in [0.717, 1.165) is 17.7 Å². The maximum Gasteiger partial charge on any atom is 0.305 e. The van der Waals surface area contributed by atoms with Crippen LogP contribution < -0.4 is 5.32 Å². The predicted octanol–water partition coefficient (Wildman–Crippen LogP) is 3.12. The summed E-state index contributed by atoms with van der Waals surface area (Å²) in [6.45, 7) is 0. The van der Waals surface area contributed by atoms with Crippen molar-refractivity contribution in [2.75, 3.05) is 12.0 Å². The highest BCUT2D eigenvalue weighted by Gasteiger charge is 2.17. The van der Waals surface area contributed by atoms with Crippen molar-refractivity contribution in [2.45, 2.75) is 25.3 Å². The summed E-state index contributed by atoms with van der Waals surface area (Å²) in [4.78, 5) is 22.7. The molecule has 0 unspecified atom stereocenters. The predicted molar refractivity (Wildman–Crippen MR) is 82.2 cm³/mol. The fraction of sp³-hybridized carbons (Fsp3) is 0.429. The summed E-state index contributed by atoms with van der Waals surface area (Å²) in [5.74, 6) is -0.160. The molecule has 1 amide bonds. The quantitative estimate of drug-likeness (QED) is 0.723. The van der Waals surface area contributed by atoms with Gasteiger partial charge in [-0.3, -0.25) is 9.59 Å². The Morgan fingerprint density at radius 2 is 2.00 bits per heavy atom. The summed E-state index contributed by atoms with van der Waals surface area (Å²) in [7, 11) is 0. The second-order valence-electron chi connectivity index (χ2n) is 4.37. The number of benzene rings is 1. The maximum absolute atomic E-state index is 11.8. The molecule has 110 valence electrons. The zero-order valence-electron chi connectivity index (χ0n) is 11.3. The van der Waals surface area contributed by atoms with E-state index in [1.54, 1.807) is 36.0 Å². The lowest BCUT2D eigenvalue weighted by atomic mass is 10.0. The first-order chi connectivity index (χ1) is 9.52. The van der Waals surface area contributed by atoms with Gasteiger partial charge in [0.05, 0.1) is 12.5 Å². The van der Waals surface area contributed by atoms with E-state index in [-0.39, 0.29) is 12.3 Å². The van der Waals surface area contributed by atoms with E-state index in [4.69, 9.17) is 16.7 Å². The van der Waals surface area contributed by atoms with Gasteiger partial charge in [-0.2, -0.15) is 11.8 Å². The number of aliphatic carboxylic acids is 1. The normalized spacial score (nSPS) is 11.9. The Morgan fingerprint density at radius 1 is 1.35 bits per heavy atom. The van der Waals surface area contributed by atoms with Gasteiger partial charge in [0.2, 0.25) is 5.91 Å². The third-order valence-electron chi connectivity index (χ3n) is 2.74. The molecule has 0 radical (unpaired) electrons. The first-order valence-electron chi connectivity index (χ1n) is 6.28. The Morgan fingerprint density at radius 3 is 2.55 bits per heavy atom. The van der Waals surface area contributed by atoms with Crippen LogP contribution in [0, 0.1) is 0 Å². The van der Waals surface area contributed by atoms with Crippen LogP contribution >= 0.6 is 23.4 Å². The van der Waals surface area contributed by atoms with E-state index in [0.29, 0.717) is 11.4 Å². The summed E-state index contributed by atoms with van der Waals surface area (Å²) < 4.78 is 0. The van der Waals surface area contributed by atoms with Crippen molar-refractivity contribution in [3.05, 3.63) is 34.9 Å². The van der Waals surface area contributed by atoms with Crippen molar-refractivity contribution >= 4 is 35.2 Å². The second kappa shape index (κ2) is 8.87. The van der Waals surface area contributed by atoms with Gasteiger partial charge < -0.3 is 10.4 Å². The van der Waals surface area contributed by atoms with E-state index in [9.17, 15) is 9.59 Å². The van der Waals surface area contributed by atoms with E-state index >= 15 is 0 Å². The minimum Gasteiger partial charge on any atom is -0.481 e. The molecule has 0 aliphatic heterocycles. The third-order valence-corrected chi connectivity index (χ3v) is 3.69. The van der Waals surface area contributed by atoms with E-state index in [2.05, 4.69) is 5.32 Å². The van der Waals surface area contributed by atoms with Crippen molar-refractivity contribution in [3.8, 4) is 0 Å². The molecule has 1 aromatic rings. The van der Waals surface area contributed by atoms with Crippen LogP contribution in [0.3, 0.4) is 0 Å². The largest absolute Gasteiger partial charge is 0.481 e. The molecular formula is C14H18ClNO3S. The number of carbonyl (C=O) groups excluding carboxylic acids is 1. The molecule has 0 spiro atoms. The first-order valence-corrected chi connectivity index (χ1v) is 8.05. The molecule has 0 bridgehead atoms. The Kier molecular flexibility index (Phi) is 7.47. The number of carboxylic acids is 1. The topological polar surface area (TPSA) is 66.4 Å². The van der Waals surface area contributed by atoms with Gasteiger partial charge in [0.15, 0.2) is 0 Å². The molecule has 4 nitrogen and oxygen atoms in total. The van der Waals surface area contributed by atoms with Gasteiger partial charge in [-0.05, 0) is 36.1 Å². The molecule has 1 rings (SSSR count). The molecule has 20 heavy (non-hydrogen) atoms. The van der Waals surface area contributed by atoms with Gasteiger partial charge in [-0.1, -0.05) is 23.7 Å².